The Kier molecular flexibility index (Phi) is 5.34. The Morgan fingerprint density at radius 3 is 2.68 bits per heavy atom. The maximum atomic E-state index is 13.0. The van der Waals surface area contributed by atoms with Crippen molar-refractivity contribution in [2.75, 3.05) is 17.7 Å². The third-order valence-corrected chi connectivity index (χ3v) is 3.89. The van der Waals surface area contributed by atoms with Crippen molar-refractivity contribution in [2.45, 2.75) is 12.2 Å². The SMILES string of the molecule is COc1ccc(Cl)cc1NC(=O)C1NNNC1Nc1ccc(F)cc1. The Hall–Kier alpha value is -2.39. The van der Waals surface area contributed by atoms with E-state index in [9.17, 15) is 9.18 Å². The molecule has 7 nitrogen and oxygen atoms in total. The van der Waals surface area contributed by atoms with Gasteiger partial charge >= 0.3 is 0 Å². The number of hydrogen-bond acceptors (Lipinski definition) is 6. The molecule has 1 amide bonds. The second kappa shape index (κ2) is 7.66. The van der Waals surface area contributed by atoms with Crippen LogP contribution in [0.3, 0.4) is 0 Å². The Labute approximate surface area is 148 Å². The number of nitrogens with one attached hydrogen (secondary N) is 5. The molecule has 0 spiro atoms. The third kappa shape index (κ3) is 4.18. The zero-order valence-electron chi connectivity index (χ0n) is 13.3. The Bertz CT molecular complexity index is 759. The highest BCUT2D eigenvalue weighted by Gasteiger charge is 2.33. The number of benzene rings is 2. The first-order valence-corrected chi connectivity index (χ1v) is 7.87. The Morgan fingerprint density at radius 2 is 1.96 bits per heavy atom. The van der Waals surface area contributed by atoms with Gasteiger partial charge in [0.25, 0.3) is 0 Å². The van der Waals surface area contributed by atoms with Crippen molar-refractivity contribution in [3.05, 3.63) is 53.3 Å². The van der Waals surface area contributed by atoms with Gasteiger partial charge in [-0.3, -0.25) is 4.79 Å². The topological polar surface area (TPSA) is 86.5 Å². The van der Waals surface area contributed by atoms with Gasteiger partial charge in [0.1, 0.15) is 23.8 Å². The van der Waals surface area contributed by atoms with E-state index in [-0.39, 0.29) is 11.7 Å². The van der Waals surface area contributed by atoms with Gasteiger partial charge in [-0.15, -0.1) is 0 Å². The lowest BCUT2D eigenvalue weighted by Gasteiger charge is -2.20. The molecule has 1 saturated heterocycles. The number of hydrogen-bond donors (Lipinski definition) is 5. The smallest absolute Gasteiger partial charge is 0.246 e. The summed E-state index contributed by atoms with van der Waals surface area (Å²) in [6.07, 6.45) is -0.462. The average Bonchev–Trinajstić information content (AvgIpc) is 3.05. The summed E-state index contributed by atoms with van der Waals surface area (Å²) in [4.78, 5) is 12.6. The van der Waals surface area contributed by atoms with Crippen LogP contribution in [0.1, 0.15) is 0 Å². The fourth-order valence-electron chi connectivity index (χ4n) is 2.41. The van der Waals surface area contributed by atoms with E-state index < -0.39 is 12.2 Å². The van der Waals surface area contributed by atoms with Gasteiger partial charge in [0.2, 0.25) is 5.91 Å². The minimum absolute atomic E-state index is 0.308. The predicted octanol–water partition coefficient (Wildman–Crippen LogP) is 1.85. The molecule has 1 fully saturated rings. The number of ether oxygens (including phenoxy) is 1. The van der Waals surface area contributed by atoms with Crippen LogP contribution in [0, 0.1) is 5.82 Å². The molecule has 1 aliphatic rings. The molecule has 3 rings (SSSR count). The maximum absolute atomic E-state index is 13.0. The van der Waals surface area contributed by atoms with Crippen molar-refractivity contribution >= 4 is 28.9 Å². The van der Waals surface area contributed by atoms with Gasteiger partial charge in [-0.1, -0.05) is 11.6 Å². The number of carbonyl (C=O) groups is 1. The number of amides is 1. The quantitative estimate of drug-likeness (QED) is 0.556. The minimum Gasteiger partial charge on any atom is -0.495 e. The van der Waals surface area contributed by atoms with E-state index in [4.69, 9.17) is 16.3 Å². The summed E-state index contributed by atoms with van der Waals surface area (Å²) in [5.41, 5.74) is 9.56. The molecule has 1 heterocycles. The van der Waals surface area contributed by atoms with Crippen LogP contribution in [-0.4, -0.2) is 25.2 Å². The molecule has 2 aromatic rings. The van der Waals surface area contributed by atoms with E-state index in [1.807, 2.05) is 0 Å². The zero-order valence-corrected chi connectivity index (χ0v) is 14.0. The number of carbonyl (C=O) groups excluding carboxylic acids is 1. The average molecular weight is 366 g/mol. The normalized spacial score (nSPS) is 19.5. The highest BCUT2D eigenvalue weighted by molar-refractivity contribution is 6.31. The first-order valence-electron chi connectivity index (χ1n) is 7.49. The van der Waals surface area contributed by atoms with Crippen LogP contribution < -0.4 is 31.8 Å². The van der Waals surface area contributed by atoms with E-state index in [2.05, 4.69) is 27.0 Å². The number of rotatable bonds is 5. The van der Waals surface area contributed by atoms with E-state index in [0.717, 1.165) is 0 Å². The summed E-state index contributed by atoms with van der Waals surface area (Å²) < 4.78 is 18.2. The molecule has 0 bridgehead atoms. The van der Waals surface area contributed by atoms with Crippen molar-refractivity contribution in [2.24, 2.45) is 0 Å². The number of methoxy groups -OCH3 is 1. The van der Waals surface area contributed by atoms with Gasteiger partial charge in [0.15, 0.2) is 0 Å². The molecule has 9 heteroatoms. The summed E-state index contributed by atoms with van der Waals surface area (Å²) in [7, 11) is 1.51. The molecular formula is C16H17ClFN5O2. The van der Waals surface area contributed by atoms with Crippen LogP contribution >= 0.6 is 11.6 Å². The molecule has 1 aliphatic heterocycles. The second-order valence-electron chi connectivity index (χ2n) is 5.35. The lowest BCUT2D eigenvalue weighted by Crippen LogP contribution is -2.48. The van der Waals surface area contributed by atoms with Gasteiger partial charge in [-0.25, -0.2) is 15.2 Å². The Morgan fingerprint density at radius 1 is 1.20 bits per heavy atom. The molecular weight excluding hydrogens is 349 g/mol. The first kappa shape index (κ1) is 17.4. The molecule has 25 heavy (non-hydrogen) atoms. The van der Waals surface area contributed by atoms with Gasteiger partial charge in [0, 0.05) is 10.7 Å². The highest BCUT2D eigenvalue weighted by Crippen LogP contribution is 2.28. The van der Waals surface area contributed by atoms with E-state index >= 15 is 0 Å². The second-order valence-corrected chi connectivity index (χ2v) is 5.79. The molecule has 2 atom stereocenters. The van der Waals surface area contributed by atoms with Gasteiger partial charge < -0.3 is 15.4 Å². The van der Waals surface area contributed by atoms with Crippen LogP contribution in [0.2, 0.25) is 5.02 Å². The molecule has 2 aromatic carbocycles. The summed E-state index contributed by atoms with van der Waals surface area (Å²) in [5.74, 6) is -0.138. The fourth-order valence-corrected chi connectivity index (χ4v) is 2.59. The van der Waals surface area contributed by atoms with Crippen molar-refractivity contribution in [1.29, 1.82) is 0 Å². The fraction of sp³-hybridized carbons (Fsp3) is 0.188. The molecule has 0 radical (unpaired) electrons. The summed E-state index contributed by atoms with van der Waals surface area (Å²) in [5, 5.41) is 6.36. The lowest BCUT2D eigenvalue weighted by molar-refractivity contribution is -0.118. The van der Waals surface area contributed by atoms with Crippen molar-refractivity contribution in [3.63, 3.8) is 0 Å². The Balaban J connectivity index is 1.70. The van der Waals surface area contributed by atoms with Crippen LogP contribution in [0.5, 0.6) is 5.75 Å². The number of hydrazine groups is 2. The number of anilines is 2. The van der Waals surface area contributed by atoms with Gasteiger partial charge in [-0.2, -0.15) is 5.53 Å². The van der Waals surface area contributed by atoms with Crippen LogP contribution in [0.15, 0.2) is 42.5 Å². The highest BCUT2D eigenvalue weighted by atomic mass is 35.5. The zero-order chi connectivity index (χ0) is 17.8. The molecule has 0 aromatic heterocycles. The predicted molar refractivity (Wildman–Crippen MR) is 93.6 cm³/mol. The van der Waals surface area contributed by atoms with Crippen molar-refractivity contribution in [1.82, 2.24) is 16.4 Å². The molecule has 132 valence electrons. The molecule has 5 N–H and O–H groups in total. The molecule has 0 aliphatic carbocycles. The monoisotopic (exact) mass is 365 g/mol. The largest absolute Gasteiger partial charge is 0.495 e. The molecule has 2 unspecified atom stereocenters. The summed E-state index contributed by atoms with van der Waals surface area (Å²) in [6.45, 7) is 0. The van der Waals surface area contributed by atoms with E-state index in [1.54, 1.807) is 30.3 Å². The lowest BCUT2D eigenvalue weighted by atomic mass is 10.2. The van der Waals surface area contributed by atoms with Gasteiger partial charge in [0.05, 0.1) is 12.8 Å². The number of halogens is 2. The maximum Gasteiger partial charge on any atom is 0.246 e. The third-order valence-electron chi connectivity index (χ3n) is 3.66. The van der Waals surface area contributed by atoms with Crippen molar-refractivity contribution in [3.8, 4) is 5.75 Å². The standard InChI is InChI=1S/C16H17ClFN5O2/c1-25-13-7-2-9(17)8-12(13)20-16(24)14-15(22-23-21-14)19-11-5-3-10(18)4-6-11/h2-8,14-15,19,21-23H,1H3,(H,20,24). The van der Waals surface area contributed by atoms with Gasteiger partial charge in [-0.05, 0) is 42.5 Å². The molecule has 0 saturated carbocycles. The van der Waals surface area contributed by atoms with E-state index in [0.29, 0.717) is 22.1 Å². The van der Waals surface area contributed by atoms with Crippen LogP contribution in [0.4, 0.5) is 15.8 Å². The minimum atomic E-state index is -0.645. The van der Waals surface area contributed by atoms with E-state index in [1.165, 1.54) is 19.2 Å². The van der Waals surface area contributed by atoms with Crippen LogP contribution in [0.25, 0.3) is 0 Å². The summed E-state index contributed by atoms with van der Waals surface area (Å²) in [6, 6.07) is 10.2. The van der Waals surface area contributed by atoms with Crippen LogP contribution in [-0.2, 0) is 4.79 Å². The summed E-state index contributed by atoms with van der Waals surface area (Å²) >= 11 is 5.98. The first-order chi connectivity index (χ1) is 12.1. The van der Waals surface area contributed by atoms with Crippen molar-refractivity contribution < 1.29 is 13.9 Å².